The Morgan fingerprint density at radius 3 is 2.31 bits per heavy atom. The van der Waals surface area contributed by atoms with Gasteiger partial charge in [0, 0.05) is 0 Å². The van der Waals surface area contributed by atoms with Crippen LogP contribution < -0.4 is 4.72 Å². The van der Waals surface area contributed by atoms with Crippen molar-refractivity contribution in [2.24, 2.45) is 0 Å². The molecule has 1 rings (SSSR count). The quantitative estimate of drug-likeness (QED) is 0.793. The number of benzene rings is 1. The predicted octanol–water partition coefficient (Wildman–Crippen LogP) is 0.612. The van der Waals surface area contributed by atoms with E-state index in [4.69, 9.17) is 5.11 Å². The van der Waals surface area contributed by atoms with Crippen molar-refractivity contribution in [3.05, 3.63) is 29.8 Å². The normalized spacial score (nSPS) is 11.3. The van der Waals surface area contributed by atoms with Crippen LogP contribution in [-0.4, -0.2) is 26.0 Å². The van der Waals surface area contributed by atoms with Crippen LogP contribution in [0.15, 0.2) is 29.2 Å². The Balaban J connectivity index is 2.85. The van der Waals surface area contributed by atoms with Crippen molar-refractivity contribution in [3.8, 4) is 0 Å². The first-order valence-corrected chi connectivity index (χ1v) is 6.24. The molecule has 0 aromatic heterocycles. The highest BCUT2D eigenvalue weighted by Crippen LogP contribution is 2.10. The van der Waals surface area contributed by atoms with Crippen LogP contribution in [0.3, 0.4) is 0 Å². The van der Waals surface area contributed by atoms with Gasteiger partial charge in [-0.15, -0.1) is 0 Å². The predicted molar refractivity (Wildman–Crippen MR) is 58.6 cm³/mol. The maximum atomic E-state index is 11.6. The highest BCUT2D eigenvalue weighted by atomic mass is 32.2. The average Bonchev–Trinajstić information content (AvgIpc) is 2.27. The van der Waals surface area contributed by atoms with Crippen LogP contribution in [0.2, 0.25) is 0 Å². The molecule has 0 aliphatic carbocycles. The molecule has 0 aliphatic rings. The summed E-state index contributed by atoms with van der Waals surface area (Å²) in [6.45, 7) is 1.35. The molecule has 0 atom stereocenters. The molecule has 5 nitrogen and oxygen atoms in total. The molecule has 0 aliphatic heterocycles. The number of carbonyl (C=O) groups is 1. The van der Waals surface area contributed by atoms with Crippen LogP contribution in [-0.2, 0) is 21.2 Å². The number of carboxylic acid groups (broad SMARTS) is 1. The van der Waals surface area contributed by atoms with Crippen LogP contribution in [0.5, 0.6) is 0 Å². The molecule has 16 heavy (non-hydrogen) atoms. The smallest absolute Gasteiger partial charge is 0.318 e. The molecule has 1 aromatic rings. The van der Waals surface area contributed by atoms with Crippen LogP contribution in [0.1, 0.15) is 12.5 Å². The maximum absolute atomic E-state index is 11.6. The minimum atomic E-state index is -3.71. The number of nitrogens with one attached hydrogen (secondary N) is 1. The standard InChI is InChI=1S/C10H13NO4S/c1-2-8-3-5-9(6-4-8)16(14,15)11-7-10(12)13/h3-6,11H,2,7H2,1H3,(H,12,13). The van der Waals surface area contributed by atoms with Gasteiger partial charge in [0.2, 0.25) is 10.0 Å². The molecule has 0 radical (unpaired) electrons. The van der Waals surface area contributed by atoms with Crippen molar-refractivity contribution in [1.82, 2.24) is 4.72 Å². The molecule has 0 saturated heterocycles. The Hall–Kier alpha value is -1.40. The average molecular weight is 243 g/mol. The zero-order chi connectivity index (χ0) is 12.2. The zero-order valence-electron chi connectivity index (χ0n) is 8.80. The van der Waals surface area contributed by atoms with Crippen molar-refractivity contribution >= 4 is 16.0 Å². The summed E-state index contributed by atoms with van der Waals surface area (Å²) in [5, 5.41) is 8.38. The largest absolute Gasteiger partial charge is 0.480 e. The molecule has 1 aromatic carbocycles. The summed E-state index contributed by atoms with van der Waals surface area (Å²) < 4.78 is 25.1. The van der Waals surface area contributed by atoms with E-state index in [1.165, 1.54) is 12.1 Å². The number of rotatable bonds is 5. The fourth-order valence-electron chi connectivity index (χ4n) is 1.14. The van der Waals surface area contributed by atoms with Gasteiger partial charge in [-0.25, -0.2) is 8.42 Å². The maximum Gasteiger partial charge on any atom is 0.318 e. The second kappa shape index (κ2) is 5.09. The Morgan fingerprint density at radius 2 is 1.88 bits per heavy atom. The molecule has 0 amide bonds. The van der Waals surface area contributed by atoms with Crippen LogP contribution in [0.4, 0.5) is 0 Å². The van der Waals surface area contributed by atoms with Gasteiger partial charge in [0.25, 0.3) is 0 Å². The van der Waals surface area contributed by atoms with E-state index in [1.807, 2.05) is 11.6 Å². The van der Waals surface area contributed by atoms with Gasteiger partial charge in [0.1, 0.15) is 6.54 Å². The van der Waals surface area contributed by atoms with Crippen molar-refractivity contribution in [2.75, 3.05) is 6.54 Å². The van der Waals surface area contributed by atoms with Crippen LogP contribution in [0.25, 0.3) is 0 Å². The van der Waals surface area contributed by atoms with E-state index in [-0.39, 0.29) is 4.90 Å². The van der Waals surface area contributed by atoms with Gasteiger partial charge < -0.3 is 5.11 Å². The molecule has 0 saturated carbocycles. The number of aryl methyl sites for hydroxylation is 1. The number of aliphatic carboxylic acids is 1. The Labute approximate surface area is 94.2 Å². The number of hydrogen-bond donors (Lipinski definition) is 2. The molecular weight excluding hydrogens is 230 g/mol. The minimum absolute atomic E-state index is 0.0750. The van der Waals surface area contributed by atoms with Gasteiger partial charge in [-0.2, -0.15) is 4.72 Å². The molecule has 0 fully saturated rings. The Kier molecular flexibility index (Phi) is 4.03. The third-order valence-corrected chi connectivity index (χ3v) is 3.47. The first kappa shape index (κ1) is 12.7. The topological polar surface area (TPSA) is 83.5 Å². The summed E-state index contributed by atoms with van der Waals surface area (Å²) >= 11 is 0. The second-order valence-corrected chi connectivity index (χ2v) is 4.98. The molecular formula is C10H13NO4S. The van der Waals surface area contributed by atoms with E-state index in [1.54, 1.807) is 12.1 Å². The van der Waals surface area contributed by atoms with E-state index in [9.17, 15) is 13.2 Å². The van der Waals surface area contributed by atoms with Gasteiger partial charge in [-0.3, -0.25) is 4.79 Å². The molecule has 0 heterocycles. The molecule has 6 heteroatoms. The second-order valence-electron chi connectivity index (χ2n) is 3.22. The Morgan fingerprint density at radius 1 is 1.31 bits per heavy atom. The van der Waals surface area contributed by atoms with Gasteiger partial charge in [0.15, 0.2) is 0 Å². The molecule has 0 spiro atoms. The summed E-state index contributed by atoms with van der Waals surface area (Å²) in [4.78, 5) is 10.3. The van der Waals surface area contributed by atoms with Gasteiger partial charge >= 0.3 is 5.97 Å². The van der Waals surface area contributed by atoms with Crippen LogP contribution >= 0.6 is 0 Å². The molecule has 88 valence electrons. The summed E-state index contributed by atoms with van der Waals surface area (Å²) in [5.41, 5.74) is 1.03. The third-order valence-electron chi connectivity index (χ3n) is 2.06. The van der Waals surface area contributed by atoms with E-state index in [2.05, 4.69) is 0 Å². The van der Waals surface area contributed by atoms with Crippen molar-refractivity contribution in [3.63, 3.8) is 0 Å². The fourth-order valence-corrected chi connectivity index (χ4v) is 2.12. The first-order valence-electron chi connectivity index (χ1n) is 4.76. The summed E-state index contributed by atoms with van der Waals surface area (Å²) in [5.74, 6) is -1.21. The fraction of sp³-hybridized carbons (Fsp3) is 0.300. The molecule has 0 bridgehead atoms. The third kappa shape index (κ3) is 3.32. The lowest BCUT2D eigenvalue weighted by molar-refractivity contribution is -0.135. The van der Waals surface area contributed by atoms with Gasteiger partial charge in [0.05, 0.1) is 4.90 Å². The van der Waals surface area contributed by atoms with E-state index in [0.29, 0.717) is 0 Å². The van der Waals surface area contributed by atoms with E-state index < -0.39 is 22.5 Å². The lowest BCUT2D eigenvalue weighted by Crippen LogP contribution is -2.29. The SMILES string of the molecule is CCc1ccc(S(=O)(=O)NCC(=O)O)cc1. The number of hydrogen-bond acceptors (Lipinski definition) is 3. The highest BCUT2D eigenvalue weighted by Gasteiger charge is 2.14. The lowest BCUT2D eigenvalue weighted by Gasteiger charge is -2.05. The van der Waals surface area contributed by atoms with Crippen LogP contribution in [0, 0.1) is 0 Å². The zero-order valence-corrected chi connectivity index (χ0v) is 9.62. The van der Waals surface area contributed by atoms with E-state index >= 15 is 0 Å². The van der Waals surface area contributed by atoms with Gasteiger partial charge in [-0.1, -0.05) is 19.1 Å². The van der Waals surface area contributed by atoms with Crippen molar-refractivity contribution in [1.29, 1.82) is 0 Å². The van der Waals surface area contributed by atoms with Gasteiger partial charge in [-0.05, 0) is 24.1 Å². The lowest BCUT2D eigenvalue weighted by atomic mass is 10.2. The molecule has 2 N–H and O–H groups in total. The highest BCUT2D eigenvalue weighted by molar-refractivity contribution is 7.89. The number of sulfonamides is 1. The monoisotopic (exact) mass is 243 g/mol. The summed E-state index contributed by atoms with van der Waals surface area (Å²) in [6.07, 6.45) is 0.822. The molecule has 0 unspecified atom stereocenters. The minimum Gasteiger partial charge on any atom is -0.480 e. The summed E-state index contributed by atoms with van der Waals surface area (Å²) in [7, 11) is -3.71. The number of carboxylic acids is 1. The first-order chi connectivity index (χ1) is 7.45. The summed E-state index contributed by atoms with van der Waals surface area (Å²) in [6, 6.07) is 6.33. The van der Waals surface area contributed by atoms with E-state index in [0.717, 1.165) is 12.0 Å². The Bertz CT molecular complexity index is 464. The van der Waals surface area contributed by atoms with Crippen molar-refractivity contribution in [2.45, 2.75) is 18.2 Å². The van der Waals surface area contributed by atoms with Crippen molar-refractivity contribution < 1.29 is 18.3 Å².